The lowest BCUT2D eigenvalue weighted by atomic mass is 10.1. The Bertz CT molecular complexity index is 1050. The Morgan fingerprint density at radius 1 is 1.15 bits per heavy atom. The number of anilines is 1. The van der Waals surface area contributed by atoms with E-state index in [9.17, 15) is 18.0 Å². The maximum atomic E-state index is 13.3. The van der Waals surface area contributed by atoms with Gasteiger partial charge in [0.15, 0.2) is 0 Å². The lowest BCUT2D eigenvalue weighted by Crippen LogP contribution is -2.53. The largest absolute Gasteiger partial charge is 0.497 e. The number of carbonyl (C=O) groups is 2. The number of nitrogens with one attached hydrogen (secondary N) is 2. The molecule has 2 atom stereocenters. The van der Waals surface area contributed by atoms with Gasteiger partial charge in [0.25, 0.3) is 0 Å². The molecule has 34 heavy (non-hydrogen) atoms. The summed E-state index contributed by atoms with van der Waals surface area (Å²) in [5.74, 6) is -0.284. The van der Waals surface area contributed by atoms with Gasteiger partial charge in [0.1, 0.15) is 11.8 Å². The van der Waals surface area contributed by atoms with Crippen LogP contribution in [0.1, 0.15) is 26.2 Å². The molecule has 0 aliphatic carbocycles. The Morgan fingerprint density at radius 2 is 1.85 bits per heavy atom. The van der Waals surface area contributed by atoms with Gasteiger partial charge in [-0.1, -0.05) is 25.1 Å². The lowest BCUT2D eigenvalue weighted by molar-refractivity contribution is -0.126. The zero-order valence-corrected chi connectivity index (χ0v) is 20.2. The molecular weight excluding hydrogens is 458 g/mol. The number of methoxy groups -OCH3 is 1. The van der Waals surface area contributed by atoms with E-state index in [1.165, 1.54) is 24.1 Å². The van der Waals surface area contributed by atoms with Crippen molar-refractivity contribution in [2.45, 2.75) is 43.2 Å². The van der Waals surface area contributed by atoms with Gasteiger partial charge < -0.3 is 14.8 Å². The molecule has 0 unspecified atom stereocenters. The molecule has 184 valence electrons. The molecule has 2 aromatic carbocycles. The lowest BCUT2D eigenvalue weighted by Gasteiger charge is -2.31. The van der Waals surface area contributed by atoms with Gasteiger partial charge in [0.05, 0.1) is 24.7 Å². The van der Waals surface area contributed by atoms with Crippen LogP contribution in [0.3, 0.4) is 0 Å². The fraction of sp³-hybridized carbons (Fsp3) is 0.417. The van der Waals surface area contributed by atoms with E-state index >= 15 is 0 Å². The molecule has 1 heterocycles. The van der Waals surface area contributed by atoms with Crippen LogP contribution < -0.4 is 19.7 Å². The number of sulfonamides is 1. The fourth-order valence-corrected chi connectivity index (χ4v) is 4.78. The number of ether oxygens (including phenoxy) is 2. The highest BCUT2D eigenvalue weighted by atomic mass is 32.2. The minimum absolute atomic E-state index is 0.0377. The number of amides is 2. The molecule has 1 aliphatic rings. The van der Waals surface area contributed by atoms with Gasteiger partial charge in [-0.15, -0.1) is 0 Å². The maximum absolute atomic E-state index is 13.3. The molecule has 0 spiro atoms. The smallest absolute Gasteiger partial charge is 0.243 e. The van der Waals surface area contributed by atoms with E-state index in [0.29, 0.717) is 31.0 Å². The van der Waals surface area contributed by atoms with Gasteiger partial charge in [-0.25, -0.2) is 13.1 Å². The Balaban J connectivity index is 1.79. The number of benzene rings is 2. The molecule has 1 aliphatic heterocycles. The van der Waals surface area contributed by atoms with Gasteiger partial charge in [-0.3, -0.25) is 14.5 Å². The zero-order chi connectivity index (χ0) is 24.6. The predicted molar refractivity (Wildman–Crippen MR) is 128 cm³/mol. The van der Waals surface area contributed by atoms with Gasteiger partial charge in [-0.05, 0) is 55.7 Å². The first-order chi connectivity index (χ1) is 16.4. The minimum Gasteiger partial charge on any atom is -0.497 e. The summed E-state index contributed by atoms with van der Waals surface area (Å²) in [6, 6.07) is 13.7. The second-order valence-electron chi connectivity index (χ2n) is 7.90. The van der Waals surface area contributed by atoms with Crippen molar-refractivity contribution >= 4 is 27.5 Å². The van der Waals surface area contributed by atoms with E-state index < -0.39 is 28.5 Å². The normalized spacial score (nSPS) is 16.6. The van der Waals surface area contributed by atoms with E-state index in [1.807, 2.05) is 0 Å². The second-order valence-corrected chi connectivity index (χ2v) is 9.67. The summed E-state index contributed by atoms with van der Waals surface area (Å²) < 4.78 is 38.3. The standard InChI is InChI=1S/C24H31N3O6S/c1-3-22(24(29)25-16-20-8-7-15-33-20)27(18-11-13-19(32-2)14-12-18)23(28)17-26-34(30,31)21-9-5-4-6-10-21/h4-6,9-14,20,22,26H,3,7-8,15-17H2,1-2H3,(H,25,29)/t20-,22+/m0/s1. The van der Waals surface area contributed by atoms with Crippen molar-refractivity contribution in [1.29, 1.82) is 0 Å². The van der Waals surface area contributed by atoms with Crippen LogP contribution in [0, 0.1) is 0 Å². The van der Waals surface area contributed by atoms with Crippen LogP contribution >= 0.6 is 0 Å². The first-order valence-electron chi connectivity index (χ1n) is 11.3. The molecule has 2 amide bonds. The second kappa shape index (κ2) is 12.0. The van der Waals surface area contributed by atoms with Crippen LogP contribution in [-0.4, -0.2) is 59.2 Å². The highest BCUT2D eigenvalue weighted by Gasteiger charge is 2.31. The summed E-state index contributed by atoms with van der Waals surface area (Å²) >= 11 is 0. The average molecular weight is 490 g/mol. The zero-order valence-electron chi connectivity index (χ0n) is 19.4. The van der Waals surface area contributed by atoms with Crippen molar-refractivity contribution in [3.05, 3.63) is 54.6 Å². The molecular formula is C24H31N3O6S. The first-order valence-corrected chi connectivity index (χ1v) is 12.7. The summed E-state index contributed by atoms with van der Waals surface area (Å²) in [6.45, 7) is 2.34. The van der Waals surface area contributed by atoms with Crippen LogP contribution in [0.25, 0.3) is 0 Å². The molecule has 1 fully saturated rings. The maximum Gasteiger partial charge on any atom is 0.243 e. The Morgan fingerprint density at radius 3 is 2.44 bits per heavy atom. The molecule has 0 aromatic heterocycles. The van der Waals surface area contributed by atoms with Crippen molar-refractivity contribution in [2.24, 2.45) is 0 Å². The molecule has 3 rings (SSSR count). The average Bonchev–Trinajstić information content (AvgIpc) is 3.39. The molecule has 0 saturated carbocycles. The van der Waals surface area contributed by atoms with Crippen LogP contribution in [0.15, 0.2) is 59.5 Å². The van der Waals surface area contributed by atoms with Crippen molar-refractivity contribution in [1.82, 2.24) is 10.0 Å². The van der Waals surface area contributed by atoms with E-state index in [1.54, 1.807) is 49.4 Å². The summed E-state index contributed by atoms with van der Waals surface area (Å²) in [7, 11) is -2.36. The Labute approximate surface area is 200 Å². The molecule has 9 nitrogen and oxygen atoms in total. The van der Waals surface area contributed by atoms with E-state index in [2.05, 4.69) is 10.0 Å². The SMILES string of the molecule is CC[C@H](C(=O)NC[C@@H]1CCCO1)N(C(=O)CNS(=O)(=O)c1ccccc1)c1ccc(OC)cc1. The third kappa shape index (κ3) is 6.55. The highest BCUT2D eigenvalue weighted by Crippen LogP contribution is 2.23. The fourth-order valence-electron chi connectivity index (χ4n) is 3.79. The summed E-state index contributed by atoms with van der Waals surface area (Å²) in [4.78, 5) is 27.8. The molecule has 1 saturated heterocycles. The Hall–Kier alpha value is -2.95. The molecule has 0 radical (unpaired) electrons. The van der Waals surface area contributed by atoms with Crippen LogP contribution in [0.2, 0.25) is 0 Å². The Kier molecular flexibility index (Phi) is 9.03. The first kappa shape index (κ1) is 25.7. The summed E-state index contributed by atoms with van der Waals surface area (Å²) in [6.07, 6.45) is 2.12. The third-order valence-electron chi connectivity index (χ3n) is 5.62. The van der Waals surface area contributed by atoms with Gasteiger partial charge in [0, 0.05) is 18.8 Å². The summed E-state index contributed by atoms with van der Waals surface area (Å²) in [5, 5.41) is 2.88. The van der Waals surface area contributed by atoms with Crippen molar-refractivity contribution in [3.8, 4) is 5.75 Å². The topological polar surface area (TPSA) is 114 Å². The molecule has 2 aromatic rings. The number of hydrogen-bond acceptors (Lipinski definition) is 6. The highest BCUT2D eigenvalue weighted by molar-refractivity contribution is 7.89. The monoisotopic (exact) mass is 489 g/mol. The van der Waals surface area contributed by atoms with Crippen LogP contribution in [0.4, 0.5) is 5.69 Å². The predicted octanol–water partition coefficient (Wildman–Crippen LogP) is 2.08. The van der Waals surface area contributed by atoms with Gasteiger partial charge in [-0.2, -0.15) is 0 Å². The number of nitrogens with zero attached hydrogens (tertiary/aromatic N) is 1. The quantitative estimate of drug-likeness (QED) is 0.500. The minimum atomic E-state index is -3.89. The molecule has 0 bridgehead atoms. The van der Waals surface area contributed by atoms with Gasteiger partial charge >= 0.3 is 0 Å². The van der Waals surface area contributed by atoms with E-state index in [4.69, 9.17) is 9.47 Å². The van der Waals surface area contributed by atoms with E-state index in [-0.39, 0.29) is 16.9 Å². The number of rotatable bonds is 11. The molecule has 2 N–H and O–H groups in total. The van der Waals surface area contributed by atoms with Crippen molar-refractivity contribution in [3.63, 3.8) is 0 Å². The number of hydrogen-bond donors (Lipinski definition) is 2. The number of carbonyl (C=O) groups excluding carboxylic acids is 2. The van der Waals surface area contributed by atoms with Crippen molar-refractivity contribution < 1.29 is 27.5 Å². The van der Waals surface area contributed by atoms with E-state index in [0.717, 1.165) is 12.8 Å². The van der Waals surface area contributed by atoms with Gasteiger partial charge in [0.2, 0.25) is 21.8 Å². The summed E-state index contributed by atoms with van der Waals surface area (Å²) in [5.41, 5.74) is 0.462. The van der Waals surface area contributed by atoms with Crippen LogP contribution in [0.5, 0.6) is 5.75 Å². The van der Waals surface area contributed by atoms with Crippen molar-refractivity contribution in [2.75, 3.05) is 31.7 Å². The van der Waals surface area contributed by atoms with Crippen LogP contribution in [-0.2, 0) is 24.3 Å². The molecule has 10 heteroatoms. The third-order valence-corrected chi connectivity index (χ3v) is 7.03.